The second-order valence-electron chi connectivity index (χ2n) is 5.31. The van der Waals surface area contributed by atoms with Gasteiger partial charge in [0.25, 0.3) is 0 Å². The van der Waals surface area contributed by atoms with Gasteiger partial charge < -0.3 is 21.3 Å². The molecular weight excluding hydrogens is 264 g/mol. The quantitative estimate of drug-likeness (QED) is 0.576. The van der Waals surface area contributed by atoms with Crippen molar-refractivity contribution in [3.8, 4) is 0 Å². The number of rotatable bonds is 6. The molecule has 5 N–H and O–H groups in total. The molecule has 1 saturated carbocycles. The molecule has 7 heteroatoms. The Hall–Kier alpha value is -1.47. The van der Waals surface area contributed by atoms with Gasteiger partial charge in [0.2, 0.25) is 0 Å². The molecule has 0 unspecified atom stereocenters. The second-order valence-corrected chi connectivity index (χ2v) is 5.31. The molecule has 0 saturated heterocycles. The van der Waals surface area contributed by atoms with Crippen LogP contribution >= 0.6 is 0 Å². The van der Waals surface area contributed by atoms with Gasteiger partial charge in [0.05, 0.1) is 12.5 Å². The Bertz CT molecular complexity index is 375. The second kappa shape index (κ2) is 7.35. The minimum absolute atomic E-state index is 0.215. The highest BCUT2D eigenvalue weighted by molar-refractivity contribution is 5.89. The van der Waals surface area contributed by atoms with Crippen LogP contribution in [-0.2, 0) is 19.1 Å². The highest BCUT2D eigenvalue weighted by Gasteiger charge is 2.31. The minimum Gasteiger partial charge on any atom is -0.481 e. The zero-order chi connectivity index (χ0) is 15.3. The highest BCUT2D eigenvalue weighted by atomic mass is 16.5. The smallest absolute Gasteiger partial charge is 0.322 e. The van der Waals surface area contributed by atoms with Crippen molar-refractivity contribution in [1.29, 1.82) is 0 Å². The molecule has 0 aromatic rings. The number of carboxylic acid groups (broad SMARTS) is 1. The summed E-state index contributed by atoms with van der Waals surface area (Å²) in [5.41, 5.74) is 11.0. The predicted molar refractivity (Wildman–Crippen MR) is 70.7 cm³/mol. The van der Waals surface area contributed by atoms with Crippen molar-refractivity contribution in [3.63, 3.8) is 0 Å². The summed E-state index contributed by atoms with van der Waals surface area (Å²) in [4.78, 5) is 33.8. The summed E-state index contributed by atoms with van der Waals surface area (Å²) in [6.45, 7) is 1.56. The first-order valence-electron chi connectivity index (χ1n) is 6.78. The van der Waals surface area contributed by atoms with Crippen LogP contribution in [0.15, 0.2) is 0 Å². The maximum Gasteiger partial charge on any atom is 0.322 e. The van der Waals surface area contributed by atoms with E-state index in [2.05, 4.69) is 0 Å². The number of carbonyl (C=O) groups excluding carboxylic acids is 2. The van der Waals surface area contributed by atoms with Gasteiger partial charge in [-0.2, -0.15) is 0 Å². The fourth-order valence-electron chi connectivity index (χ4n) is 2.33. The zero-order valence-electron chi connectivity index (χ0n) is 11.6. The first-order valence-corrected chi connectivity index (χ1v) is 6.78. The standard InChI is InChI=1S/C13H22N2O5/c1-7(14)13(19)20-9-4-2-8(3-5-9)12(18)10(15)6-11(16)17/h7-10H,2-6,14-15H2,1H3,(H,16,17)/t7-,8?,9?,10-/m0/s1. The van der Waals surface area contributed by atoms with Crippen LogP contribution in [0.25, 0.3) is 0 Å². The Morgan fingerprint density at radius 1 is 1.20 bits per heavy atom. The van der Waals surface area contributed by atoms with Gasteiger partial charge in [0, 0.05) is 5.92 Å². The molecule has 20 heavy (non-hydrogen) atoms. The lowest BCUT2D eigenvalue weighted by Gasteiger charge is -2.29. The normalized spacial score (nSPS) is 25.6. The lowest BCUT2D eigenvalue weighted by Crippen LogP contribution is -2.40. The maximum absolute atomic E-state index is 12.0. The number of carboxylic acids is 1. The van der Waals surface area contributed by atoms with Crippen molar-refractivity contribution in [2.24, 2.45) is 17.4 Å². The number of hydrogen-bond donors (Lipinski definition) is 3. The summed E-state index contributed by atoms with van der Waals surface area (Å²) in [6, 6.07) is -1.61. The molecule has 1 aliphatic carbocycles. The minimum atomic E-state index is -1.08. The van der Waals surface area contributed by atoms with Crippen LogP contribution in [0.2, 0.25) is 0 Å². The van der Waals surface area contributed by atoms with Crippen LogP contribution in [0, 0.1) is 5.92 Å². The van der Waals surface area contributed by atoms with Gasteiger partial charge in [-0.05, 0) is 32.6 Å². The Kier molecular flexibility index (Phi) is 6.09. The Morgan fingerprint density at radius 3 is 2.20 bits per heavy atom. The van der Waals surface area contributed by atoms with E-state index >= 15 is 0 Å². The van der Waals surface area contributed by atoms with E-state index in [1.165, 1.54) is 0 Å². The molecule has 7 nitrogen and oxygen atoms in total. The summed E-state index contributed by atoms with van der Waals surface area (Å²) in [5, 5.41) is 8.62. The summed E-state index contributed by atoms with van der Waals surface area (Å²) in [6.07, 6.45) is 1.71. The molecule has 0 aromatic heterocycles. The lowest BCUT2D eigenvalue weighted by atomic mass is 9.82. The van der Waals surface area contributed by atoms with Crippen molar-refractivity contribution < 1.29 is 24.2 Å². The third kappa shape index (κ3) is 4.90. The third-order valence-electron chi connectivity index (χ3n) is 3.49. The van der Waals surface area contributed by atoms with E-state index in [9.17, 15) is 14.4 Å². The maximum atomic E-state index is 12.0. The van der Waals surface area contributed by atoms with E-state index in [1.807, 2.05) is 0 Å². The molecule has 0 bridgehead atoms. The SMILES string of the molecule is C[C@H](N)C(=O)OC1CCC(C(=O)[C@@H](N)CC(=O)O)CC1. The van der Waals surface area contributed by atoms with Crippen LogP contribution in [0.5, 0.6) is 0 Å². The van der Waals surface area contributed by atoms with Crippen molar-refractivity contribution in [1.82, 2.24) is 0 Å². The molecule has 0 radical (unpaired) electrons. The van der Waals surface area contributed by atoms with Crippen LogP contribution in [0.3, 0.4) is 0 Å². The monoisotopic (exact) mass is 286 g/mol. The number of hydrogen-bond acceptors (Lipinski definition) is 6. The number of ether oxygens (including phenoxy) is 1. The first-order chi connectivity index (χ1) is 9.31. The summed E-state index contributed by atoms with van der Waals surface area (Å²) in [7, 11) is 0. The Balaban J connectivity index is 2.40. The van der Waals surface area contributed by atoms with E-state index in [0.29, 0.717) is 25.7 Å². The molecule has 0 aromatic carbocycles. The van der Waals surface area contributed by atoms with Gasteiger partial charge >= 0.3 is 11.9 Å². The van der Waals surface area contributed by atoms with Crippen molar-refractivity contribution in [2.45, 2.75) is 57.2 Å². The highest BCUT2D eigenvalue weighted by Crippen LogP contribution is 2.28. The number of aliphatic carboxylic acids is 1. The summed E-state index contributed by atoms with van der Waals surface area (Å²) >= 11 is 0. The number of ketones is 1. The predicted octanol–water partition coefficient (Wildman–Crippen LogP) is -0.193. The Labute approximate surface area is 117 Å². The van der Waals surface area contributed by atoms with E-state index in [4.69, 9.17) is 21.3 Å². The van der Waals surface area contributed by atoms with E-state index in [0.717, 1.165) is 0 Å². The zero-order valence-corrected chi connectivity index (χ0v) is 11.6. The van der Waals surface area contributed by atoms with Crippen LogP contribution in [0.1, 0.15) is 39.0 Å². The number of nitrogens with two attached hydrogens (primary N) is 2. The van der Waals surface area contributed by atoms with Crippen LogP contribution in [-0.4, -0.2) is 41.0 Å². The van der Waals surface area contributed by atoms with Gasteiger partial charge in [0.15, 0.2) is 5.78 Å². The van der Waals surface area contributed by atoms with Crippen molar-refractivity contribution in [2.75, 3.05) is 0 Å². The number of esters is 1. The van der Waals surface area contributed by atoms with E-state index in [-0.39, 0.29) is 24.2 Å². The van der Waals surface area contributed by atoms with Gasteiger partial charge in [-0.1, -0.05) is 0 Å². The molecule has 2 atom stereocenters. The molecule has 1 rings (SSSR count). The molecule has 0 heterocycles. The molecular formula is C13H22N2O5. The number of carbonyl (C=O) groups is 3. The lowest BCUT2D eigenvalue weighted by molar-refractivity contribution is -0.152. The fraction of sp³-hybridized carbons (Fsp3) is 0.769. The average molecular weight is 286 g/mol. The molecule has 114 valence electrons. The van der Waals surface area contributed by atoms with E-state index in [1.54, 1.807) is 6.92 Å². The molecule has 1 fully saturated rings. The van der Waals surface area contributed by atoms with E-state index < -0.39 is 24.0 Å². The van der Waals surface area contributed by atoms with Gasteiger partial charge in [0.1, 0.15) is 12.1 Å². The van der Waals surface area contributed by atoms with Crippen LogP contribution < -0.4 is 11.5 Å². The molecule has 1 aliphatic rings. The van der Waals surface area contributed by atoms with Crippen LogP contribution in [0.4, 0.5) is 0 Å². The third-order valence-corrected chi connectivity index (χ3v) is 3.49. The van der Waals surface area contributed by atoms with Crippen molar-refractivity contribution in [3.05, 3.63) is 0 Å². The topological polar surface area (TPSA) is 133 Å². The average Bonchev–Trinajstić information content (AvgIpc) is 2.37. The number of Topliss-reactive ketones (excluding diaryl/α,β-unsaturated/α-hetero) is 1. The summed E-state index contributed by atoms with van der Waals surface area (Å²) in [5.74, 6) is -1.98. The largest absolute Gasteiger partial charge is 0.481 e. The molecule has 0 amide bonds. The van der Waals surface area contributed by atoms with Crippen molar-refractivity contribution >= 4 is 17.7 Å². The molecule has 0 spiro atoms. The Morgan fingerprint density at radius 2 is 1.75 bits per heavy atom. The van der Waals surface area contributed by atoms with Gasteiger partial charge in [-0.3, -0.25) is 14.4 Å². The molecule has 0 aliphatic heterocycles. The summed E-state index contributed by atoms with van der Waals surface area (Å²) < 4.78 is 5.21. The van der Waals surface area contributed by atoms with Gasteiger partial charge in [-0.15, -0.1) is 0 Å². The fourth-order valence-corrected chi connectivity index (χ4v) is 2.33. The van der Waals surface area contributed by atoms with Gasteiger partial charge in [-0.25, -0.2) is 0 Å². The first kappa shape index (κ1) is 16.6.